The molecule has 1 rings (SSSR count). The van der Waals surface area contributed by atoms with Gasteiger partial charge in [-0.2, -0.15) is 0 Å². The predicted molar refractivity (Wildman–Crippen MR) is 54.6 cm³/mol. The third-order valence-corrected chi connectivity index (χ3v) is 3.65. The molecule has 0 radical (unpaired) electrons. The average Bonchev–Trinajstić information content (AvgIpc) is 2.15. The van der Waals surface area contributed by atoms with Crippen molar-refractivity contribution in [2.45, 2.75) is 12.3 Å². The Hall–Kier alpha value is -1.68. The van der Waals surface area contributed by atoms with Crippen molar-refractivity contribution in [1.29, 1.82) is 0 Å². The summed E-state index contributed by atoms with van der Waals surface area (Å²) in [4.78, 5) is 36.8. The molecule has 0 saturated heterocycles. The fourth-order valence-corrected chi connectivity index (χ4v) is 1.89. The van der Waals surface area contributed by atoms with Crippen LogP contribution in [-0.4, -0.2) is 30.0 Å². The minimum atomic E-state index is -3.84. The van der Waals surface area contributed by atoms with Gasteiger partial charge in [0.05, 0.1) is 0 Å². The highest BCUT2D eigenvalue weighted by molar-refractivity contribution is 7.89. The molecule has 0 bridgehead atoms. The molecule has 3 N–H and O–H groups in total. The van der Waals surface area contributed by atoms with Crippen molar-refractivity contribution in [3.05, 3.63) is 31.5 Å². The van der Waals surface area contributed by atoms with Crippen LogP contribution in [0.2, 0.25) is 0 Å². The second-order valence-electron chi connectivity index (χ2n) is 2.91. The molecule has 0 aromatic carbocycles. The first kappa shape index (κ1) is 12.4. The highest BCUT2D eigenvalue weighted by Crippen LogP contribution is 2.05. The van der Waals surface area contributed by atoms with Crippen molar-refractivity contribution in [3.8, 4) is 0 Å². The summed E-state index contributed by atoms with van der Waals surface area (Å²) in [6, 6.07) is 0. The van der Waals surface area contributed by atoms with Crippen LogP contribution in [0, 0.1) is 0 Å². The van der Waals surface area contributed by atoms with Crippen molar-refractivity contribution in [2.24, 2.45) is 0 Å². The second-order valence-corrected chi connectivity index (χ2v) is 5.09. The van der Waals surface area contributed by atoms with Crippen LogP contribution in [0.4, 0.5) is 0 Å². The lowest BCUT2D eigenvalue weighted by molar-refractivity contribution is 0.527. The molecule has 0 aliphatic heterocycles. The lowest BCUT2D eigenvalue weighted by atomic mass is 10.7. The van der Waals surface area contributed by atoms with Gasteiger partial charge in [-0.1, -0.05) is 0 Å². The van der Waals surface area contributed by atoms with E-state index in [9.17, 15) is 22.8 Å². The molecule has 1 unspecified atom stereocenters. The van der Waals surface area contributed by atoms with E-state index in [-0.39, 0.29) is 0 Å². The summed E-state index contributed by atoms with van der Waals surface area (Å²) < 4.78 is 25.1. The Morgan fingerprint density at radius 2 is 1.62 bits per heavy atom. The fraction of sp³-hybridized carbons (Fsp3) is 0.500. The number of sulfonamides is 1. The predicted octanol–water partition coefficient (Wildman–Crippen LogP) is -2.71. The van der Waals surface area contributed by atoms with E-state index in [2.05, 4.69) is 0 Å². The molecule has 0 aliphatic rings. The monoisotopic (exact) mass is 250 g/mol. The molecule has 0 amide bonds. The van der Waals surface area contributed by atoms with Crippen molar-refractivity contribution >= 4 is 10.0 Å². The van der Waals surface area contributed by atoms with Crippen molar-refractivity contribution in [1.82, 2.24) is 19.3 Å². The molecular formula is C6H10N4O5S. The van der Waals surface area contributed by atoms with Gasteiger partial charge in [0.25, 0.3) is 0 Å². The molecule has 1 aromatic rings. The maximum absolute atomic E-state index is 11.4. The zero-order valence-corrected chi connectivity index (χ0v) is 9.29. The van der Waals surface area contributed by atoms with Crippen LogP contribution < -0.4 is 21.8 Å². The number of nitrogens with one attached hydrogen (secondary N) is 3. The van der Waals surface area contributed by atoms with Crippen LogP contribution in [0.5, 0.6) is 0 Å². The van der Waals surface area contributed by atoms with E-state index in [1.54, 1.807) is 9.97 Å². The van der Waals surface area contributed by atoms with Crippen LogP contribution in [0.15, 0.2) is 14.4 Å². The zero-order chi connectivity index (χ0) is 12.5. The molecular weight excluding hydrogens is 240 g/mol. The molecule has 0 aliphatic carbocycles. The van der Waals surface area contributed by atoms with E-state index in [1.807, 2.05) is 4.72 Å². The molecule has 9 nitrogen and oxygen atoms in total. The van der Waals surface area contributed by atoms with E-state index in [4.69, 9.17) is 0 Å². The fourth-order valence-electron chi connectivity index (χ4n) is 1.08. The molecule has 0 spiro atoms. The van der Waals surface area contributed by atoms with Crippen LogP contribution in [0.1, 0.15) is 12.3 Å². The van der Waals surface area contributed by atoms with Crippen LogP contribution in [-0.2, 0) is 10.0 Å². The summed E-state index contributed by atoms with van der Waals surface area (Å²) in [5.74, 6) is 0. The third-order valence-electron chi connectivity index (χ3n) is 1.98. The second kappa shape index (κ2) is 4.06. The molecule has 1 atom stereocenters. The minimum Gasteiger partial charge on any atom is -0.259 e. The molecule has 90 valence electrons. The van der Waals surface area contributed by atoms with E-state index < -0.39 is 32.5 Å². The minimum absolute atomic E-state index is 0.396. The highest BCUT2D eigenvalue weighted by atomic mass is 32.2. The maximum atomic E-state index is 11.4. The first-order valence-corrected chi connectivity index (χ1v) is 5.71. The Balaban J connectivity index is 3.54. The standard InChI is InChI=1S/C6H10N4O5S/c1-3(16(14,15)7-2)10-5(12)8-4(11)9-6(10)13/h3,7H,1-2H3,(H2,8,9,11,12,13). The van der Waals surface area contributed by atoms with Gasteiger partial charge in [0.2, 0.25) is 10.0 Å². The Morgan fingerprint density at radius 1 is 1.19 bits per heavy atom. The van der Waals surface area contributed by atoms with E-state index in [1.165, 1.54) is 0 Å². The largest absolute Gasteiger partial charge is 0.334 e. The summed E-state index contributed by atoms with van der Waals surface area (Å²) in [6.07, 6.45) is 0. The van der Waals surface area contributed by atoms with Crippen LogP contribution >= 0.6 is 0 Å². The number of H-pyrrole nitrogens is 2. The van der Waals surface area contributed by atoms with Gasteiger partial charge in [0.15, 0.2) is 5.37 Å². The van der Waals surface area contributed by atoms with Gasteiger partial charge in [-0.05, 0) is 14.0 Å². The van der Waals surface area contributed by atoms with E-state index in [0.29, 0.717) is 4.57 Å². The summed E-state index contributed by atoms with van der Waals surface area (Å²) in [6.45, 7) is 1.14. The molecule has 16 heavy (non-hydrogen) atoms. The number of nitrogens with zero attached hydrogens (tertiary/aromatic N) is 1. The van der Waals surface area contributed by atoms with Crippen LogP contribution in [0.3, 0.4) is 0 Å². The van der Waals surface area contributed by atoms with Gasteiger partial charge in [-0.15, -0.1) is 0 Å². The van der Waals surface area contributed by atoms with E-state index >= 15 is 0 Å². The average molecular weight is 250 g/mol. The Morgan fingerprint density at radius 3 is 2.00 bits per heavy atom. The summed E-state index contributed by atoms with van der Waals surface area (Å²) in [5, 5.41) is -1.43. The smallest absolute Gasteiger partial charge is 0.259 e. The molecule has 0 fully saturated rings. The molecule has 1 aromatic heterocycles. The Labute approximate surface area is 89.2 Å². The Bertz CT molecular complexity index is 616. The molecule has 10 heteroatoms. The molecule has 1 heterocycles. The third kappa shape index (κ3) is 2.12. The summed E-state index contributed by atoms with van der Waals surface area (Å²) in [7, 11) is -2.69. The van der Waals surface area contributed by atoms with Crippen LogP contribution in [0.25, 0.3) is 0 Å². The number of aromatic nitrogens is 3. The first-order chi connectivity index (χ1) is 7.29. The quantitative estimate of drug-likeness (QED) is 0.536. The topological polar surface area (TPSA) is 134 Å². The number of hydrogen-bond donors (Lipinski definition) is 3. The Kier molecular flexibility index (Phi) is 3.14. The first-order valence-electron chi connectivity index (χ1n) is 4.17. The molecule has 0 saturated carbocycles. The maximum Gasteiger partial charge on any atom is 0.334 e. The van der Waals surface area contributed by atoms with Gasteiger partial charge in [-0.3, -0.25) is 9.97 Å². The lowest BCUT2D eigenvalue weighted by Gasteiger charge is -2.12. The van der Waals surface area contributed by atoms with Gasteiger partial charge in [-0.25, -0.2) is 32.1 Å². The van der Waals surface area contributed by atoms with Crippen molar-refractivity contribution < 1.29 is 8.42 Å². The van der Waals surface area contributed by atoms with Gasteiger partial charge in [0, 0.05) is 0 Å². The number of hydrogen-bond acceptors (Lipinski definition) is 5. The van der Waals surface area contributed by atoms with Crippen molar-refractivity contribution in [2.75, 3.05) is 7.05 Å². The van der Waals surface area contributed by atoms with E-state index in [0.717, 1.165) is 14.0 Å². The van der Waals surface area contributed by atoms with Crippen molar-refractivity contribution in [3.63, 3.8) is 0 Å². The zero-order valence-electron chi connectivity index (χ0n) is 8.47. The number of rotatable bonds is 3. The van der Waals surface area contributed by atoms with Gasteiger partial charge in [0.1, 0.15) is 0 Å². The lowest BCUT2D eigenvalue weighted by Crippen LogP contribution is -2.47. The normalized spacial score (nSPS) is 13.6. The number of aromatic amines is 2. The highest BCUT2D eigenvalue weighted by Gasteiger charge is 2.23. The van der Waals surface area contributed by atoms with Gasteiger partial charge < -0.3 is 0 Å². The SMILES string of the molecule is CNS(=O)(=O)C(C)n1c(=O)[nH]c(=O)[nH]c1=O. The summed E-state index contributed by atoms with van der Waals surface area (Å²) in [5.41, 5.74) is -3.15. The van der Waals surface area contributed by atoms with Gasteiger partial charge >= 0.3 is 17.1 Å². The summed E-state index contributed by atoms with van der Waals surface area (Å²) >= 11 is 0.